The highest BCUT2D eigenvalue weighted by Crippen LogP contribution is 2.40. The van der Waals surface area contributed by atoms with E-state index in [0.717, 1.165) is 11.0 Å². The van der Waals surface area contributed by atoms with Gasteiger partial charge < -0.3 is 9.15 Å². The Balaban J connectivity index is 1.38. The Morgan fingerprint density at radius 1 is 0.860 bits per heavy atom. The second kappa shape index (κ2) is 10.2. The van der Waals surface area contributed by atoms with Crippen LogP contribution in [-0.2, 0) is 6.18 Å². The minimum atomic E-state index is -5.01. The molecular formula is C33H22F3NO6. The van der Waals surface area contributed by atoms with Gasteiger partial charge in [0.05, 0.1) is 27.6 Å². The standard InChI is InChI=1S/C33H22F3NO6/c1-3-17(2)37-30(39)23-13-11-19(15-25(23)31(37)40)32(41)42-20-12-14-24-26(16-20)43-29(33(34,35)36)27(28(24)38)22-10-6-8-18-7-4-5-9-21(18)22/h4-17H,3H2,1-2H3. The predicted octanol–water partition coefficient (Wildman–Crippen LogP) is 7.25. The molecule has 4 aromatic carbocycles. The zero-order chi connectivity index (χ0) is 30.6. The summed E-state index contributed by atoms with van der Waals surface area (Å²) in [6, 6.07) is 18.6. The monoisotopic (exact) mass is 585 g/mol. The van der Waals surface area contributed by atoms with Crippen molar-refractivity contribution in [3.05, 3.63) is 112 Å². The number of benzene rings is 4. The van der Waals surface area contributed by atoms with Gasteiger partial charge in [0, 0.05) is 12.1 Å². The first-order valence-electron chi connectivity index (χ1n) is 13.4. The van der Waals surface area contributed by atoms with Crippen molar-refractivity contribution >= 4 is 39.5 Å². The molecule has 2 amide bonds. The maximum atomic E-state index is 14.3. The topological polar surface area (TPSA) is 93.9 Å². The van der Waals surface area contributed by atoms with Gasteiger partial charge in [-0.3, -0.25) is 19.3 Å². The number of rotatable bonds is 5. The van der Waals surface area contributed by atoms with E-state index in [0.29, 0.717) is 17.2 Å². The molecule has 1 aliphatic rings. The van der Waals surface area contributed by atoms with Crippen LogP contribution in [0.5, 0.6) is 5.75 Å². The number of halogens is 3. The molecule has 1 aromatic heterocycles. The Bertz CT molecular complexity index is 2040. The lowest BCUT2D eigenvalue weighted by atomic mass is 9.96. The van der Waals surface area contributed by atoms with E-state index in [1.807, 2.05) is 6.92 Å². The van der Waals surface area contributed by atoms with Gasteiger partial charge in [-0.25, -0.2) is 4.79 Å². The number of esters is 1. The third kappa shape index (κ3) is 4.64. The number of hydrogen-bond acceptors (Lipinski definition) is 6. The molecule has 5 aromatic rings. The van der Waals surface area contributed by atoms with E-state index in [-0.39, 0.29) is 39.4 Å². The average molecular weight is 586 g/mol. The fourth-order valence-corrected chi connectivity index (χ4v) is 5.26. The molecule has 0 fully saturated rings. The number of amides is 2. The molecule has 0 radical (unpaired) electrons. The van der Waals surface area contributed by atoms with Gasteiger partial charge in [0.15, 0.2) is 0 Å². The van der Waals surface area contributed by atoms with E-state index in [2.05, 4.69) is 0 Å². The lowest BCUT2D eigenvalue weighted by Crippen LogP contribution is -2.37. The van der Waals surface area contributed by atoms with Crippen LogP contribution in [0.3, 0.4) is 0 Å². The highest BCUT2D eigenvalue weighted by Gasteiger charge is 2.40. The van der Waals surface area contributed by atoms with Crippen molar-refractivity contribution in [3.8, 4) is 16.9 Å². The van der Waals surface area contributed by atoms with Gasteiger partial charge in [-0.15, -0.1) is 0 Å². The largest absolute Gasteiger partial charge is 0.450 e. The van der Waals surface area contributed by atoms with E-state index in [1.165, 1.54) is 36.4 Å². The van der Waals surface area contributed by atoms with Crippen LogP contribution in [0, 0.1) is 0 Å². The number of carbonyl (C=O) groups is 3. The number of nitrogens with zero attached hydrogens (tertiary/aromatic N) is 1. The summed E-state index contributed by atoms with van der Waals surface area (Å²) in [5.74, 6) is -3.57. The Morgan fingerprint density at radius 3 is 2.33 bits per heavy atom. The van der Waals surface area contributed by atoms with E-state index in [9.17, 15) is 32.3 Å². The van der Waals surface area contributed by atoms with E-state index >= 15 is 0 Å². The third-order valence-corrected chi connectivity index (χ3v) is 7.58. The van der Waals surface area contributed by atoms with Crippen LogP contribution in [0.15, 0.2) is 88.1 Å². The second-order valence-electron chi connectivity index (χ2n) is 10.2. The molecular weight excluding hydrogens is 563 g/mol. The highest BCUT2D eigenvalue weighted by atomic mass is 19.4. The molecule has 0 aliphatic carbocycles. The Morgan fingerprint density at radius 2 is 1.58 bits per heavy atom. The van der Waals surface area contributed by atoms with Crippen LogP contribution in [0.1, 0.15) is 57.1 Å². The molecule has 0 bridgehead atoms. The number of alkyl halides is 3. The van der Waals surface area contributed by atoms with Gasteiger partial charge in [-0.1, -0.05) is 49.4 Å². The number of hydrogen-bond donors (Lipinski definition) is 0. The summed E-state index contributed by atoms with van der Waals surface area (Å²) in [6.45, 7) is 3.58. The molecule has 6 rings (SSSR count). The van der Waals surface area contributed by atoms with Crippen LogP contribution in [0.25, 0.3) is 32.9 Å². The lowest BCUT2D eigenvalue weighted by molar-refractivity contribution is -0.152. The average Bonchev–Trinajstić information content (AvgIpc) is 3.24. The SMILES string of the molecule is CCC(C)N1C(=O)c2ccc(C(=O)Oc3ccc4c(=O)c(-c5cccc6ccccc56)c(C(F)(F)F)oc4c3)cc2C1=O. The molecule has 0 spiro atoms. The molecule has 0 N–H and O–H groups in total. The van der Waals surface area contributed by atoms with Crippen LogP contribution in [0.4, 0.5) is 13.2 Å². The van der Waals surface area contributed by atoms with Gasteiger partial charge in [0.1, 0.15) is 11.3 Å². The molecule has 43 heavy (non-hydrogen) atoms. The molecule has 1 aliphatic heterocycles. The third-order valence-electron chi connectivity index (χ3n) is 7.58. The Labute approximate surface area is 242 Å². The molecule has 1 unspecified atom stereocenters. The van der Waals surface area contributed by atoms with Crippen molar-refractivity contribution in [2.45, 2.75) is 32.5 Å². The van der Waals surface area contributed by atoms with E-state index in [4.69, 9.17) is 9.15 Å². The van der Waals surface area contributed by atoms with E-state index in [1.54, 1.807) is 43.3 Å². The normalized spacial score (nSPS) is 13.9. The molecule has 216 valence electrons. The Hall–Kier alpha value is -5.25. The summed E-state index contributed by atoms with van der Waals surface area (Å²) in [5.41, 5.74) is -1.69. The quantitative estimate of drug-likeness (QED) is 0.123. The molecule has 7 nitrogen and oxygen atoms in total. The minimum Gasteiger partial charge on any atom is -0.450 e. The van der Waals surface area contributed by atoms with Gasteiger partial charge in [0.2, 0.25) is 11.2 Å². The van der Waals surface area contributed by atoms with Crippen molar-refractivity contribution in [2.75, 3.05) is 0 Å². The summed E-state index contributed by atoms with van der Waals surface area (Å²) in [6.07, 6.45) is -4.46. The maximum absolute atomic E-state index is 14.3. The number of imide groups is 1. The maximum Gasteiger partial charge on any atom is 0.450 e. The van der Waals surface area contributed by atoms with Crippen molar-refractivity contribution in [3.63, 3.8) is 0 Å². The molecule has 10 heteroatoms. The van der Waals surface area contributed by atoms with Crippen LogP contribution in [0.2, 0.25) is 0 Å². The van der Waals surface area contributed by atoms with E-state index < -0.39 is 46.3 Å². The van der Waals surface area contributed by atoms with Gasteiger partial charge >= 0.3 is 12.1 Å². The predicted molar refractivity (Wildman–Crippen MR) is 152 cm³/mol. The van der Waals surface area contributed by atoms with Crippen molar-refractivity contribution in [1.29, 1.82) is 0 Å². The zero-order valence-corrected chi connectivity index (χ0v) is 22.8. The van der Waals surface area contributed by atoms with Crippen molar-refractivity contribution < 1.29 is 36.7 Å². The van der Waals surface area contributed by atoms with Crippen molar-refractivity contribution in [2.24, 2.45) is 0 Å². The van der Waals surface area contributed by atoms with Crippen molar-refractivity contribution in [1.82, 2.24) is 4.90 Å². The number of fused-ring (bicyclic) bond motifs is 3. The summed E-state index contributed by atoms with van der Waals surface area (Å²) in [7, 11) is 0. The van der Waals surface area contributed by atoms with Gasteiger partial charge in [-0.05, 0) is 60.0 Å². The zero-order valence-electron chi connectivity index (χ0n) is 22.8. The Kier molecular flexibility index (Phi) is 6.64. The summed E-state index contributed by atoms with van der Waals surface area (Å²) in [5, 5.41) is 0.970. The van der Waals surface area contributed by atoms with Gasteiger partial charge in [0.25, 0.3) is 11.8 Å². The first kappa shape index (κ1) is 27.9. The van der Waals surface area contributed by atoms with Crippen LogP contribution >= 0.6 is 0 Å². The number of carbonyl (C=O) groups excluding carboxylic acids is 3. The first-order valence-corrected chi connectivity index (χ1v) is 13.4. The summed E-state index contributed by atoms with van der Waals surface area (Å²) in [4.78, 5) is 53.2. The van der Waals surface area contributed by atoms with Crippen LogP contribution in [-0.4, -0.2) is 28.7 Å². The highest BCUT2D eigenvalue weighted by molar-refractivity contribution is 6.22. The molecule has 0 saturated carbocycles. The lowest BCUT2D eigenvalue weighted by Gasteiger charge is -2.20. The number of ether oxygens (including phenoxy) is 1. The fourth-order valence-electron chi connectivity index (χ4n) is 5.26. The first-order chi connectivity index (χ1) is 20.5. The molecule has 2 heterocycles. The summed E-state index contributed by atoms with van der Waals surface area (Å²) < 4.78 is 53.5. The summed E-state index contributed by atoms with van der Waals surface area (Å²) >= 11 is 0. The fraction of sp³-hybridized carbons (Fsp3) is 0.152. The van der Waals surface area contributed by atoms with Gasteiger partial charge in [-0.2, -0.15) is 13.2 Å². The van der Waals surface area contributed by atoms with Crippen LogP contribution < -0.4 is 10.2 Å². The smallest absolute Gasteiger partial charge is 0.450 e. The molecule has 0 saturated heterocycles. The minimum absolute atomic E-state index is 0.0465. The molecule has 1 atom stereocenters. The second-order valence-corrected chi connectivity index (χ2v) is 10.2.